The number of hydrogen-bond donors (Lipinski definition) is 3. The van der Waals surface area contributed by atoms with Crippen LogP contribution in [0.25, 0.3) is 0 Å². The molecule has 1 saturated heterocycles. The zero-order valence-corrected chi connectivity index (χ0v) is 30.4. The number of hydrogen-bond acceptors (Lipinski definition) is 7. The van der Waals surface area contributed by atoms with Crippen LogP contribution in [-0.4, -0.2) is 88.1 Å². The molecule has 2 aromatic carbocycles. The minimum Gasteiger partial charge on any atom is -0.478 e. The zero-order chi connectivity index (χ0) is 37.0. The van der Waals surface area contributed by atoms with Crippen molar-refractivity contribution in [3.05, 3.63) is 70.8 Å². The molecule has 1 heterocycles. The highest BCUT2D eigenvalue weighted by Crippen LogP contribution is 2.32. The largest absolute Gasteiger partial charge is 0.478 e. The average Bonchev–Trinajstić information content (AvgIpc) is 3.49. The van der Waals surface area contributed by atoms with Gasteiger partial charge in [0.2, 0.25) is 17.7 Å². The van der Waals surface area contributed by atoms with Crippen LogP contribution >= 0.6 is 0 Å². The Morgan fingerprint density at radius 1 is 1.00 bits per heavy atom. The second kappa shape index (κ2) is 15.6. The summed E-state index contributed by atoms with van der Waals surface area (Å²) in [6.07, 6.45) is 1.71. The van der Waals surface area contributed by atoms with Crippen LogP contribution in [0.15, 0.2) is 48.5 Å². The van der Waals surface area contributed by atoms with Gasteiger partial charge in [0.05, 0.1) is 24.3 Å². The van der Waals surface area contributed by atoms with Crippen molar-refractivity contribution in [3.8, 4) is 0 Å². The van der Waals surface area contributed by atoms with Crippen molar-refractivity contribution in [1.82, 2.24) is 20.4 Å². The van der Waals surface area contributed by atoms with E-state index in [9.17, 15) is 29.1 Å². The Morgan fingerprint density at radius 2 is 1.66 bits per heavy atom. The first-order valence-electron chi connectivity index (χ1n) is 17.2. The topological polar surface area (TPSA) is 155 Å². The van der Waals surface area contributed by atoms with E-state index < -0.39 is 59.1 Å². The molecular formula is C38H52N4O8. The number of rotatable bonds is 10. The molecule has 2 unspecified atom stereocenters. The molecule has 0 spiro atoms. The number of benzene rings is 2. The van der Waals surface area contributed by atoms with Gasteiger partial charge < -0.3 is 30.1 Å². The Morgan fingerprint density at radius 3 is 2.28 bits per heavy atom. The summed E-state index contributed by atoms with van der Waals surface area (Å²) in [5.74, 6) is -2.29. The minimum atomic E-state index is -1.03. The predicted octanol–water partition coefficient (Wildman–Crippen LogP) is 4.85. The average molecular weight is 693 g/mol. The molecule has 0 radical (unpaired) electrons. The van der Waals surface area contributed by atoms with Crippen molar-refractivity contribution in [1.29, 1.82) is 0 Å². The fraction of sp³-hybridized carbons (Fsp3) is 0.553. The maximum Gasteiger partial charge on any atom is 0.410 e. The summed E-state index contributed by atoms with van der Waals surface area (Å²) in [5, 5.41) is 15.3. The van der Waals surface area contributed by atoms with Crippen molar-refractivity contribution in [2.45, 2.75) is 117 Å². The number of carbonyl (C=O) groups is 5. The van der Waals surface area contributed by atoms with E-state index in [-0.39, 0.29) is 37.1 Å². The van der Waals surface area contributed by atoms with Gasteiger partial charge >= 0.3 is 12.1 Å². The third-order valence-corrected chi connectivity index (χ3v) is 9.26. The first-order chi connectivity index (χ1) is 23.4. The lowest BCUT2D eigenvalue weighted by Gasteiger charge is -2.37. The number of amides is 4. The van der Waals surface area contributed by atoms with Gasteiger partial charge in [-0.2, -0.15) is 0 Å². The van der Waals surface area contributed by atoms with E-state index in [1.165, 1.54) is 34.5 Å². The highest BCUT2D eigenvalue weighted by atomic mass is 16.6. The SMILES string of the molecule is C[C@@H](C(=O)N[C@H](C(=O)N1CC(OCc2ccc(C(=O)O)cc2)C[C@H]1C(=O)NC1CCCc2ccccc21)C(C)(C)C)N(C)C(=O)OC(C)(C)C. The van der Waals surface area contributed by atoms with E-state index in [1.807, 2.05) is 39.0 Å². The molecular weight excluding hydrogens is 640 g/mol. The number of carboxylic acid groups (broad SMARTS) is 1. The Bertz CT molecular complexity index is 1560. The molecule has 12 heteroatoms. The van der Waals surface area contributed by atoms with E-state index in [4.69, 9.17) is 9.47 Å². The summed E-state index contributed by atoms with van der Waals surface area (Å²) in [6, 6.07) is 11.4. The standard InChI is InChI=1S/C38H52N4O8/c1-23(41(8)36(48)50-38(5,6)7)32(43)40-31(37(2,3)4)34(45)42-21-27(49-22-24-16-18-26(19-17-24)35(46)47)20-30(42)33(44)39-29-15-11-13-25-12-9-10-14-28(25)29/h9-10,12,14,16-19,23,27,29-31H,11,13,15,20-22H2,1-8H3,(H,39,44)(H,40,43)(H,46,47)/t23-,27?,29?,30-,31+/m0/s1. The maximum atomic E-state index is 14.5. The molecule has 5 atom stereocenters. The normalized spacial score (nSPS) is 20.2. The monoisotopic (exact) mass is 692 g/mol. The number of likely N-dealkylation sites (tertiary alicyclic amines) is 1. The van der Waals surface area contributed by atoms with Crippen LogP contribution in [0.3, 0.4) is 0 Å². The van der Waals surface area contributed by atoms with E-state index in [1.54, 1.807) is 39.8 Å². The molecule has 2 aromatic rings. The summed E-state index contributed by atoms with van der Waals surface area (Å²) < 4.78 is 11.6. The van der Waals surface area contributed by atoms with Crippen LogP contribution in [0.2, 0.25) is 0 Å². The van der Waals surface area contributed by atoms with E-state index in [0.29, 0.717) is 0 Å². The highest BCUT2D eigenvalue weighted by Gasteiger charge is 2.46. The van der Waals surface area contributed by atoms with Crippen LogP contribution < -0.4 is 10.6 Å². The summed E-state index contributed by atoms with van der Waals surface area (Å²) in [4.78, 5) is 68.8. The second-order valence-corrected chi connectivity index (χ2v) is 15.4. The van der Waals surface area contributed by atoms with Gasteiger partial charge in [0.15, 0.2) is 0 Å². The van der Waals surface area contributed by atoms with Gasteiger partial charge in [0.1, 0.15) is 23.7 Å². The van der Waals surface area contributed by atoms with Crippen LogP contribution in [-0.2, 0) is 36.9 Å². The number of likely N-dealkylation sites (N-methyl/N-ethyl adjacent to an activating group) is 1. The van der Waals surface area contributed by atoms with E-state index in [2.05, 4.69) is 16.7 Å². The molecule has 0 bridgehead atoms. The molecule has 0 saturated carbocycles. The Hall–Kier alpha value is -4.45. The zero-order valence-electron chi connectivity index (χ0n) is 30.4. The summed E-state index contributed by atoms with van der Waals surface area (Å²) in [6.45, 7) is 12.5. The molecule has 1 aliphatic carbocycles. The molecule has 1 fully saturated rings. The molecule has 2 aliphatic rings. The van der Waals surface area contributed by atoms with Gasteiger partial charge in [0, 0.05) is 20.0 Å². The number of carboxylic acids is 1. The molecule has 1 aliphatic heterocycles. The molecule has 50 heavy (non-hydrogen) atoms. The predicted molar refractivity (Wildman–Crippen MR) is 187 cm³/mol. The lowest BCUT2D eigenvalue weighted by Crippen LogP contribution is -2.60. The fourth-order valence-electron chi connectivity index (χ4n) is 6.28. The first kappa shape index (κ1) is 38.4. The number of carbonyl (C=O) groups excluding carboxylic acids is 4. The van der Waals surface area contributed by atoms with Crippen LogP contribution in [0, 0.1) is 5.41 Å². The van der Waals surface area contributed by atoms with Crippen LogP contribution in [0.5, 0.6) is 0 Å². The van der Waals surface area contributed by atoms with Crippen LogP contribution in [0.4, 0.5) is 4.79 Å². The molecule has 4 amide bonds. The maximum absolute atomic E-state index is 14.5. The summed E-state index contributed by atoms with van der Waals surface area (Å²) in [5.41, 5.74) is 1.67. The summed E-state index contributed by atoms with van der Waals surface area (Å²) >= 11 is 0. The second-order valence-electron chi connectivity index (χ2n) is 15.4. The van der Waals surface area contributed by atoms with Gasteiger partial charge in [0.25, 0.3) is 0 Å². The van der Waals surface area contributed by atoms with Crippen molar-refractivity contribution in [3.63, 3.8) is 0 Å². The molecule has 272 valence electrons. The van der Waals surface area contributed by atoms with Gasteiger partial charge in [-0.05, 0) is 81.2 Å². The van der Waals surface area contributed by atoms with Gasteiger partial charge in [-0.1, -0.05) is 57.2 Å². The number of nitrogens with one attached hydrogen (secondary N) is 2. The first-order valence-corrected chi connectivity index (χ1v) is 17.2. The number of aromatic carboxylic acids is 1. The minimum absolute atomic E-state index is 0.112. The number of ether oxygens (including phenoxy) is 2. The summed E-state index contributed by atoms with van der Waals surface area (Å²) in [7, 11) is 1.47. The van der Waals surface area contributed by atoms with Crippen molar-refractivity contribution in [2.75, 3.05) is 13.6 Å². The Labute approximate surface area is 294 Å². The lowest BCUT2D eigenvalue weighted by atomic mass is 9.85. The molecule has 12 nitrogen and oxygen atoms in total. The smallest absolute Gasteiger partial charge is 0.410 e. The van der Waals surface area contributed by atoms with Gasteiger partial charge in [-0.25, -0.2) is 9.59 Å². The van der Waals surface area contributed by atoms with Crippen molar-refractivity contribution in [2.24, 2.45) is 5.41 Å². The molecule has 3 N–H and O–H groups in total. The quantitative estimate of drug-likeness (QED) is 0.319. The molecule has 0 aromatic heterocycles. The van der Waals surface area contributed by atoms with Crippen molar-refractivity contribution >= 4 is 29.8 Å². The fourth-order valence-corrected chi connectivity index (χ4v) is 6.28. The third-order valence-electron chi connectivity index (χ3n) is 9.26. The van der Waals surface area contributed by atoms with E-state index in [0.717, 1.165) is 30.4 Å². The number of fused-ring (bicyclic) bond motifs is 1. The Kier molecular flexibility index (Phi) is 12.0. The Balaban J connectivity index is 1.55. The van der Waals surface area contributed by atoms with Gasteiger partial charge in [-0.3, -0.25) is 19.3 Å². The van der Waals surface area contributed by atoms with E-state index >= 15 is 0 Å². The van der Waals surface area contributed by atoms with Crippen molar-refractivity contribution < 1.29 is 38.6 Å². The van der Waals surface area contributed by atoms with Crippen LogP contribution in [0.1, 0.15) is 101 Å². The molecule has 4 rings (SSSR count). The lowest BCUT2D eigenvalue weighted by molar-refractivity contribution is -0.144. The number of aryl methyl sites for hydroxylation is 1. The highest BCUT2D eigenvalue weighted by molar-refractivity contribution is 5.94. The van der Waals surface area contributed by atoms with Gasteiger partial charge in [-0.15, -0.1) is 0 Å². The number of nitrogens with zero attached hydrogens (tertiary/aromatic N) is 2. The third kappa shape index (κ3) is 9.62.